The van der Waals surface area contributed by atoms with Crippen LogP contribution in [0.15, 0.2) is 36.7 Å². The Morgan fingerprint density at radius 1 is 1.43 bits per heavy atom. The topological polar surface area (TPSA) is 84.7 Å². The summed E-state index contributed by atoms with van der Waals surface area (Å²) in [5.41, 5.74) is 1.65. The van der Waals surface area contributed by atoms with Crippen molar-refractivity contribution in [2.75, 3.05) is 13.7 Å². The molecule has 1 amide bonds. The highest BCUT2D eigenvalue weighted by Gasteiger charge is 2.34. The second-order valence-electron chi connectivity index (χ2n) is 5.48. The fraction of sp³-hybridized carbons (Fsp3) is 0.312. The van der Waals surface area contributed by atoms with Crippen LogP contribution in [0.3, 0.4) is 0 Å². The smallest absolute Gasteiger partial charge is 0.308 e. The fourth-order valence-corrected chi connectivity index (χ4v) is 2.70. The third kappa shape index (κ3) is 3.03. The molecule has 120 valence electrons. The zero-order valence-corrected chi connectivity index (χ0v) is 12.7. The van der Waals surface area contributed by atoms with Crippen molar-refractivity contribution >= 4 is 11.9 Å². The van der Waals surface area contributed by atoms with Crippen molar-refractivity contribution in [2.45, 2.75) is 13.0 Å². The van der Waals surface area contributed by atoms with Crippen LogP contribution in [0.2, 0.25) is 0 Å². The van der Waals surface area contributed by atoms with Crippen LogP contribution in [0.25, 0.3) is 5.69 Å². The number of carbonyl (C=O) groups is 2. The van der Waals surface area contributed by atoms with Crippen LogP contribution in [0, 0.1) is 5.92 Å². The molecule has 1 aliphatic heterocycles. The summed E-state index contributed by atoms with van der Waals surface area (Å²) in [7, 11) is 1.60. The van der Waals surface area contributed by atoms with E-state index in [0.29, 0.717) is 12.3 Å². The fourth-order valence-electron chi connectivity index (χ4n) is 2.70. The van der Waals surface area contributed by atoms with Gasteiger partial charge in [-0.05, 0) is 12.1 Å². The standard InChI is InChI=1S/C16H17N3O4/c1-23-14-5-3-2-4-13(14)19-9-11(7-17-19)8-18-10-12(16(21)22)6-15(18)20/h2-5,7,9,12H,6,8,10H2,1H3,(H,21,22)/t12-/m0/s1. The maximum atomic E-state index is 11.9. The summed E-state index contributed by atoms with van der Waals surface area (Å²) in [6, 6.07) is 7.50. The number of likely N-dealkylation sites (tertiary alicyclic amines) is 1. The molecule has 0 radical (unpaired) electrons. The number of aromatic nitrogens is 2. The molecule has 23 heavy (non-hydrogen) atoms. The van der Waals surface area contributed by atoms with E-state index in [2.05, 4.69) is 5.10 Å². The number of aliphatic carboxylic acids is 1. The summed E-state index contributed by atoms with van der Waals surface area (Å²) in [6.07, 6.45) is 3.56. The van der Waals surface area contributed by atoms with Crippen molar-refractivity contribution < 1.29 is 19.4 Å². The van der Waals surface area contributed by atoms with E-state index in [1.54, 1.807) is 22.9 Å². The third-order valence-corrected chi connectivity index (χ3v) is 3.91. The van der Waals surface area contributed by atoms with Gasteiger partial charge in [0.15, 0.2) is 0 Å². The Balaban J connectivity index is 1.75. The Bertz CT molecular complexity index is 740. The lowest BCUT2D eigenvalue weighted by molar-refractivity contribution is -0.141. The van der Waals surface area contributed by atoms with Crippen LogP contribution in [0.4, 0.5) is 0 Å². The largest absolute Gasteiger partial charge is 0.494 e. The van der Waals surface area contributed by atoms with Crippen LogP contribution >= 0.6 is 0 Å². The van der Waals surface area contributed by atoms with Gasteiger partial charge >= 0.3 is 5.97 Å². The molecule has 2 aromatic rings. The van der Waals surface area contributed by atoms with Gasteiger partial charge < -0.3 is 14.7 Å². The van der Waals surface area contributed by atoms with E-state index in [1.807, 2.05) is 30.5 Å². The SMILES string of the molecule is COc1ccccc1-n1cc(CN2C[C@@H](C(=O)O)CC2=O)cn1. The number of benzene rings is 1. The summed E-state index contributed by atoms with van der Waals surface area (Å²) in [4.78, 5) is 24.4. The minimum absolute atomic E-state index is 0.0655. The number of carboxylic acids is 1. The molecule has 1 N–H and O–H groups in total. The van der Waals surface area contributed by atoms with E-state index < -0.39 is 11.9 Å². The Morgan fingerprint density at radius 2 is 2.22 bits per heavy atom. The zero-order valence-electron chi connectivity index (χ0n) is 12.7. The van der Waals surface area contributed by atoms with Gasteiger partial charge in [0.05, 0.1) is 19.2 Å². The first kappa shape index (κ1) is 15.1. The number of hydrogen-bond donors (Lipinski definition) is 1. The summed E-state index contributed by atoms with van der Waals surface area (Å²) in [6.45, 7) is 0.603. The first-order valence-corrected chi connectivity index (χ1v) is 7.26. The van der Waals surface area contributed by atoms with Gasteiger partial charge in [0.2, 0.25) is 5.91 Å². The minimum Gasteiger partial charge on any atom is -0.494 e. The molecule has 1 saturated heterocycles. The minimum atomic E-state index is -0.925. The van der Waals surface area contributed by atoms with Crippen LogP contribution in [-0.2, 0) is 16.1 Å². The van der Waals surface area contributed by atoms with Crippen molar-refractivity contribution in [1.29, 1.82) is 0 Å². The highest BCUT2D eigenvalue weighted by Crippen LogP contribution is 2.23. The second-order valence-corrected chi connectivity index (χ2v) is 5.48. The lowest BCUT2D eigenvalue weighted by atomic mass is 10.1. The van der Waals surface area contributed by atoms with Gasteiger partial charge in [0.25, 0.3) is 0 Å². The van der Waals surface area contributed by atoms with Crippen LogP contribution in [0.5, 0.6) is 5.75 Å². The highest BCUT2D eigenvalue weighted by molar-refractivity contribution is 5.86. The summed E-state index contributed by atoms with van der Waals surface area (Å²) >= 11 is 0. The normalized spacial score (nSPS) is 17.5. The molecule has 7 heteroatoms. The van der Waals surface area contributed by atoms with Crippen molar-refractivity contribution in [3.63, 3.8) is 0 Å². The molecule has 0 unspecified atom stereocenters. The maximum absolute atomic E-state index is 11.9. The molecule has 1 aromatic carbocycles. The van der Waals surface area contributed by atoms with Crippen molar-refractivity contribution in [3.05, 3.63) is 42.2 Å². The molecule has 3 rings (SSSR count). The van der Waals surface area contributed by atoms with E-state index in [1.165, 1.54) is 0 Å². The molecule has 1 aromatic heterocycles. The summed E-state index contributed by atoms with van der Waals surface area (Å²) in [5, 5.41) is 13.3. The Labute approximate surface area is 133 Å². The number of rotatable bonds is 5. The average Bonchev–Trinajstić information content (AvgIpc) is 3.15. The Hall–Kier alpha value is -2.83. The van der Waals surface area contributed by atoms with Crippen molar-refractivity contribution in [2.24, 2.45) is 5.92 Å². The number of nitrogens with zero attached hydrogens (tertiary/aromatic N) is 3. The molecule has 0 spiro atoms. The number of para-hydroxylation sites is 2. The van der Waals surface area contributed by atoms with E-state index in [0.717, 1.165) is 11.3 Å². The molecule has 7 nitrogen and oxygen atoms in total. The second kappa shape index (κ2) is 6.12. The van der Waals surface area contributed by atoms with Crippen LogP contribution in [0.1, 0.15) is 12.0 Å². The molecule has 1 aliphatic rings. The lowest BCUT2D eigenvalue weighted by Crippen LogP contribution is -2.25. The monoisotopic (exact) mass is 315 g/mol. The van der Waals surface area contributed by atoms with E-state index >= 15 is 0 Å². The zero-order chi connectivity index (χ0) is 16.4. The third-order valence-electron chi connectivity index (χ3n) is 3.91. The van der Waals surface area contributed by atoms with E-state index in [-0.39, 0.29) is 18.9 Å². The van der Waals surface area contributed by atoms with Gasteiger partial charge in [-0.2, -0.15) is 5.10 Å². The van der Waals surface area contributed by atoms with Gasteiger partial charge in [-0.15, -0.1) is 0 Å². The molecule has 2 heterocycles. The van der Waals surface area contributed by atoms with Crippen molar-refractivity contribution in [3.8, 4) is 11.4 Å². The number of hydrogen-bond acceptors (Lipinski definition) is 4. The number of carboxylic acid groups (broad SMARTS) is 1. The molecular formula is C16H17N3O4. The predicted octanol–water partition coefficient (Wildman–Crippen LogP) is 1.31. The van der Waals surface area contributed by atoms with Gasteiger partial charge in [-0.25, -0.2) is 4.68 Å². The molecule has 0 aliphatic carbocycles. The quantitative estimate of drug-likeness (QED) is 0.899. The molecular weight excluding hydrogens is 298 g/mol. The lowest BCUT2D eigenvalue weighted by Gasteiger charge is -2.14. The molecule has 0 bridgehead atoms. The van der Waals surface area contributed by atoms with Crippen LogP contribution < -0.4 is 4.74 Å². The molecule has 1 fully saturated rings. The first-order valence-electron chi connectivity index (χ1n) is 7.26. The highest BCUT2D eigenvalue weighted by atomic mass is 16.5. The number of methoxy groups -OCH3 is 1. The Kier molecular flexibility index (Phi) is 4.01. The van der Waals surface area contributed by atoms with Crippen molar-refractivity contribution in [1.82, 2.24) is 14.7 Å². The van der Waals surface area contributed by atoms with E-state index in [4.69, 9.17) is 9.84 Å². The summed E-state index contributed by atoms with van der Waals surface area (Å²) in [5.74, 6) is -0.981. The molecule has 1 atom stereocenters. The summed E-state index contributed by atoms with van der Waals surface area (Å²) < 4.78 is 6.99. The average molecular weight is 315 g/mol. The van der Waals surface area contributed by atoms with Gasteiger partial charge in [0, 0.05) is 31.3 Å². The first-order chi connectivity index (χ1) is 11.1. The Morgan fingerprint density at radius 3 is 2.91 bits per heavy atom. The van der Waals surface area contributed by atoms with Crippen LogP contribution in [-0.4, -0.2) is 45.3 Å². The number of carbonyl (C=O) groups excluding carboxylic acids is 1. The molecule has 0 saturated carbocycles. The van der Waals surface area contributed by atoms with Gasteiger partial charge in [-0.3, -0.25) is 9.59 Å². The number of ether oxygens (including phenoxy) is 1. The van der Waals surface area contributed by atoms with E-state index in [9.17, 15) is 9.59 Å². The number of amides is 1. The maximum Gasteiger partial charge on any atom is 0.308 e. The van der Waals surface area contributed by atoms with Gasteiger partial charge in [-0.1, -0.05) is 12.1 Å². The predicted molar refractivity (Wildman–Crippen MR) is 81.3 cm³/mol. The van der Waals surface area contributed by atoms with Gasteiger partial charge in [0.1, 0.15) is 11.4 Å².